The van der Waals surface area contributed by atoms with Crippen molar-refractivity contribution in [3.63, 3.8) is 0 Å². The van der Waals surface area contributed by atoms with Crippen molar-refractivity contribution in [2.24, 2.45) is 0 Å². The first kappa shape index (κ1) is 17.5. The first-order chi connectivity index (χ1) is 14.2. The zero-order valence-electron chi connectivity index (χ0n) is 16.7. The molecule has 0 bridgehead atoms. The maximum atomic E-state index is 4.98. The first-order valence-corrected chi connectivity index (χ1v) is 11.6. The summed E-state index contributed by atoms with van der Waals surface area (Å²) in [5.41, 5.74) is 4.58. The van der Waals surface area contributed by atoms with Crippen LogP contribution in [0.25, 0.3) is 32.2 Å². The fraction of sp³-hybridized carbons (Fsp3) is 0.360. The molecule has 1 saturated carbocycles. The molecule has 1 aliphatic heterocycles. The Morgan fingerprint density at radius 3 is 2.76 bits per heavy atom. The lowest BCUT2D eigenvalue weighted by Gasteiger charge is -2.42. The minimum atomic E-state index is 0.649. The topological polar surface area (TPSA) is 29.0 Å². The van der Waals surface area contributed by atoms with Gasteiger partial charge in [-0.1, -0.05) is 24.3 Å². The predicted octanol–water partition coefficient (Wildman–Crippen LogP) is 6.24. The molecule has 146 valence electrons. The number of fused-ring (bicyclic) bond motifs is 2. The maximum absolute atomic E-state index is 4.98. The number of hydrogen-bond acceptors (Lipinski definition) is 4. The van der Waals surface area contributed by atoms with Gasteiger partial charge in [-0.15, -0.1) is 11.3 Å². The van der Waals surface area contributed by atoms with E-state index < -0.39 is 0 Å². The van der Waals surface area contributed by atoms with E-state index in [-0.39, 0.29) is 0 Å². The van der Waals surface area contributed by atoms with Crippen LogP contribution in [-0.2, 0) is 0 Å². The number of thiazole rings is 1. The Balaban J connectivity index is 1.25. The van der Waals surface area contributed by atoms with Crippen molar-refractivity contribution in [2.75, 3.05) is 6.54 Å². The van der Waals surface area contributed by atoms with Crippen molar-refractivity contribution in [3.8, 4) is 11.1 Å². The highest BCUT2D eigenvalue weighted by Crippen LogP contribution is 2.44. The molecular weight excluding hydrogens is 374 g/mol. The van der Waals surface area contributed by atoms with Crippen molar-refractivity contribution in [2.45, 2.75) is 50.6 Å². The molecule has 0 amide bonds. The summed E-state index contributed by atoms with van der Waals surface area (Å²) in [6.45, 7) is 3.68. The fourth-order valence-corrected chi connectivity index (χ4v) is 6.22. The molecule has 6 rings (SSSR count). The lowest BCUT2D eigenvalue weighted by Crippen LogP contribution is -2.45. The SMILES string of the molecule is C[C@H]1CCCN1[C@H]1C[C@H](c2nc3ccc(-c4cnc5ccccc5c4)cc3s2)C1. The van der Waals surface area contributed by atoms with E-state index in [1.54, 1.807) is 0 Å². The van der Waals surface area contributed by atoms with E-state index in [2.05, 4.69) is 59.3 Å². The zero-order chi connectivity index (χ0) is 19.4. The lowest BCUT2D eigenvalue weighted by molar-refractivity contribution is 0.103. The molecule has 0 unspecified atom stereocenters. The Labute approximate surface area is 175 Å². The number of hydrogen-bond donors (Lipinski definition) is 0. The minimum absolute atomic E-state index is 0.649. The Morgan fingerprint density at radius 2 is 1.90 bits per heavy atom. The largest absolute Gasteiger partial charge is 0.298 e. The van der Waals surface area contributed by atoms with Gasteiger partial charge in [-0.25, -0.2) is 4.98 Å². The van der Waals surface area contributed by atoms with Crippen LogP contribution in [-0.4, -0.2) is 33.5 Å². The average Bonchev–Trinajstić information content (AvgIpc) is 3.32. The standard InChI is InChI=1S/C25H25N3S/c1-16-5-4-10-28(16)21-12-19(13-21)25-27-23-9-8-17(14-24(23)29-25)20-11-18-6-2-3-7-22(18)26-15-20/h2-3,6-9,11,14-16,19,21H,4-5,10,12-13H2,1H3/t16-,19-,21-/m0/s1. The Bertz CT molecular complexity index is 1190. The third-order valence-electron chi connectivity index (χ3n) is 6.86. The molecule has 0 radical (unpaired) electrons. The summed E-state index contributed by atoms with van der Waals surface area (Å²) < 4.78 is 1.30. The molecule has 3 heterocycles. The molecule has 1 aliphatic carbocycles. The van der Waals surface area contributed by atoms with Gasteiger partial charge in [0.15, 0.2) is 0 Å². The van der Waals surface area contributed by atoms with Gasteiger partial charge in [0.05, 0.1) is 20.7 Å². The van der Waals surface area contributed by atoms with Crippen molar-refractivity contribution in [1.82, 2.24) is 14.9 Å². The quantitative estimate of drug-likeness (QED) is 0.408. The molecule has 2 aliphatic rings. The monoisotopic (exact) mass is 399 g/mol. The van der Waals surface area contributed by atoms with E-state index in [4.69, 9.17) is 4.98 Å². The third kappa shape index (κ3) is 3.06. The number of para-hydroxylation sites is 1. The van der Waals surface area contributed by atoms with Gasteiger partial charge in [0.1, 0.15) is 0 Å². The summed E-state index contributed by atoms with van der Waals surface area (Å²) in [4.78, 5) is 12.3. The van der Waals surface area contributed by atoms with Crippen LogP contribution in [0.5, 0.6) is 0 Å². The molecule has 3 nitrogen and oxygen atoms in total. The number of benzene rings is 2. The first-order valence-electron chi connectivity index (χ1n) is 10.8. The third-order valence-corrected chi connectivity index (χ3v) is 8.05. The summed E-state index contributed by atoms with van der Waals surface area (Å²) >= 11 is 1.89. The van der Waals surface area contributed by atoms with Crippen molar-refractivity contribution in [1.29, 1.82) is 0 Å². The van der Waals surface area contributed by atoms with Gasteiger partial charge in [0.25, 0.3) is 0 Å². The van der Waals surface area contributed by atoms with E-state index in [0.717, 1.165) is 23.1 Å². The van der Waals surface area contributed by atoms with Crippen LogP contribution in [0, 0.1) is 0 Å². The highest BCUT2D eigenvalue weighted by atomic mass is 32.1. The van der Waals surface area contributed by atoms with Gasteiger partial charge in [-0.2, -0.15) is 0 Å². The number of aromatic nitrogens is 2. The van der Waals surface area contributed by atoms with Crippen LogP contribution in [0.4, 0.5) is 0 Å². The summed E-state index contributed by atoms with van der Waals surface area (Å²) in [6.07, 6.45) is 7.29. The van der Waals surface area contributed by atoms with Crippen molar-refractivity contribution < 1.29 is 0 Å². The number of likely N-dealkylation sites (tertiary alicyclic amines) is 1. The second-order valence-electron chi connectivity index (χ2n) is 8.70. The molecular formula is C25H25N3S. The highest BCUT2D eigenvalue weighted by molar-refractivity contribution is 7.18. The van der Waals surface area contributed by atoms with Gasteiger partial charge in [-0.3, -0.25) is 9.88 Å². The van der Waals surface area contributed by atoms with E-state index in [9.17, 15) is 0 Å². The minimum Gasteiger partial charge on any atom is -0.298 e. The van der Waals surface area contributed by atoms with Crippen LogP contribution >= 0.6 is 11.3 Å². The van der Waals surface area contributed by atoms with Crippen molar-refractivity contribution in [3.05, 3.63) is 59.7 Å². The summed E-state index contributed by atoms with van der Waals surface area (Å²) in [5, 5.41) is 2.52. The highest BCUT2D eigenvalue weighted by Gasteiger charge is 2.39. The molecule has 0 N–H and O–H groups in total. The van der Waals surface area contributed by atoms with E-state index in [1.165, 1.54) is 58.4 Å². The predicted molar refractivity (Wildman–Crippen MR) is 122 cm³/mol. The van der Waals surface area contributed by atoms with Gasteiger partial charge < -0.3 is 0 Å². The van der Waals surface area contributed by atoms with Crippen LogP contribution in [0.1, 0.15) is 43.5 Å². The Hall–Kier alpha value is -2.30. The molecule has 2 fully saturated rings. The molecule has 2 aromatic carbocycles. The van der Waals surface area contributed by atoms with E-state index >= 15 is 0 Å². The van der Waals surface area contributed by atoms with Crippen LogP contribution in [0.15, 0.2) is 54.7 Å². The number of nitrogens with zero attached hydrogens (tertiary/aromatic N) is 3. The normalized spacial score (nSPS) is 24.9. The summed E-state index contributed by atoms with van der Waals surface area (Å²) in [7, 11) is 0. The maximum Gasteiger partial charge on any atom is 0.0970 e. The molecule has 2 aromatic heterocycles. The Kier molecular flexibility index (Phi) is 4.17. The molecule has 29 heavy (non-hydrogen) atoms. The molecule has 4 heteroatoms. The average molecular weight is 400 g/mol. The van der Waals surface area contributed by atoms with Gasteiger partial charge in [0, 0.05) is 35.1 Å². The van der Waals surface area contributed by atoms with Crippen LogP contribution < -0.4 is 0 Å². The summed E-state index contributed by atoms with van der Waals surface area (Å²) in [5.74, 6) is 0.649. The van der Waals surface area contributed by atoms with Gasteiger partial charge >= 0.3 is 0 Å². The zero-order valence-corrected chi connectivity index (χ0v) is 17.5. The molecule has 1 saturated heterocycles. The molecule has 0 spiro atoms. The van der Waals surface area contributed by atoms with E-state index in [0.29, 0.717) is 5.92 Å². The second-order valence-corrected chi connectivity index (χ2v) is 9.76. The smallest absolute Gasteiger partial charge is 0.0970 e. The number of pyridine rings is 1. The van der Waals surface area contributed by atoms with E-state index in [1.807, 2.05) is 23.6 Å². The lowest BCUT2D eigenvalue weighted by atomic mass is 9.79. The number of rotatable bonds is 3. The molecule has 4 aromatic rings. The van der Waals surface area contributed by atoms with Crippen LogP contribution in [0.3, 0.4) is 0 Å². The second kappa shape index (κ2) is 6.89. The summed E-state index contributed by atoms with van der Waals surface area (Å²) in [6, 6.07) is 18.7. The molecule has 1 atom stereocenters. The van der Waals surface area contributed by atoms with Crippen LogP contribution in [0.2, 0.25) is 0 Å². The van der Waals surface area contributed by atoms with Crippen molar-refractivity contribution >= 4 is 32.5 Å². The fourth-order valence-electron chi connectivity index (χ4n) is 5.08. The van der Waals surface area contributed by atoms with Gasteiger partial charge in [0.2, 0.25) is 0 Å². The van der Waals surface area contributed by atoms with Gasteiger partial charge in [-0.05, 0) is 69.0 Å². The Morgan fingerprint density at radius 1 is 1.00 bits per heavy atom.